The molecule has 8 nitrogen and oxygen atoms in total. The van der Waals surface area contributed by atoms with Gasteiger partial charge in [-0.05, 0) is 57.6 Å². The first-order chi connectivity index (χ1) is 18.4. The molecule has 1 saturated heterocycles. The summed E-state index contributed by atoms with van der Waals surface area (Å²) >= 11 is 0. The van der Waals surface area contributed by atoms with Crippen LogP contribution in [0.5, 0.6) is 0 Å². The van der Waals surface area contributed by atoms with Crippen molar-refractivity contribution in [3.8, 4) is 0 Å². The highest BCUT2D eigenvalue weighted by molar-refractivity contribution is 5.93. The third kappa shape index (κ3) is 8.90. The largest absolute Gasteiger partial charge is 0.394 e. The standard InChI is InChI=1S/C31H50N4O4/c1-20(2)27(18-23(7)29(37)32-25(19-36)24-14-10-9-11-15-24)34(8)31(39)28(21(3)4)33-30(38)26-16-12-13-17-35(26)22(5)6/h9-11,14-15,18,20-22,25-28,36H,12-13,16-17,19H2,1-8H3,(H,32,37)(H,33,38)/t25-,26+,27+,28-/m0/s1. The van der Waals surface area contributed by atoms with Crippen molar-refractivity contribution in [2.24, 2.45) is 11.8 Å². The Hall–Kier alpha value is -2.71. The summed E-state index contributed by atoms with van der Waals surface area (Å²) in [5, 5.41) is 15.8. The maximum atomic E-state index is 13.8. The van der Waals surface area contributed by atoms with Crippen LogP contribution < -0.4 is 10.6 Å². The highest BCUT2D eigenvalue weighted by atomic mass is 16.3. The number of piperidine rings is 1. The lowest BCUT2D eigenvalue weighted by Gasteiger charge is -2.39. The molecular formula is C31H50N4O4. The van der Waals surface area contributed by atoms with Crippen molar-refractivity contribution in [1.29, 1.82) is 0 Å². The van der Waals surface area contributed by atoms with Crippen LogP contribution in [0.2, 0.25) is 0 Å². The fourth-order valence-electron chi connectivity index (χ4n) is 5.26. The highest BCUT2D eigenvalue weighted by Gasteiger charge is 2.36. The van der Waals surface area contributed by atoms with E-state index in [9.17, 15) is 19.5 Å². The van der Waals surface area contributed by atoms with E-state index in [1.165, 1.54) is 0 Å². The van der Waals surface area contributed by atoms with Crippen molar-refractivity contribution < 1.29 is 19.5 Å². The Bertz CT molecular complexity index is 976. The number of aliphatic hydroxyl groups is 1. The van der Waals surface area contributed by atoms with Gasteiger partial charge in [0.2, 0.25) is 17.7 Å². The smallest absolute Gasteiger partial charge is 0.247 e. The van der Waals surface area contributed by atoms with Crippen LogP contribution in [0, 0.1) is 11.8 Å². The minimum Gasteiger partial charge on any atom is -0.394 e. The van der Waals surface area contributed by atoms with E-state index in [-0.39, 0.29) is 54.3 Å². The zero-order valence-corrected chi connectivity index (χ0v) is 25.1. The molecule has 1 aromatic rings. The first-order valence-electron chi connectivity index (χ1n) is 14.4. The summed E-state index contributed by atoms with van der Waals surface area (Å²) < 4.78 is 0. The number of amides is 3. The Morgan fingerprint density at radius 2 is 1.67 bits per heavy atom. The van der Waals surface area contributed by atoms with E-state index < -0.39 is 12.1 Å². The predicted octanol–water partition coefficient (Wildman–Crippen LogP) is 3.67. The molecule has 0 aliphatic carbocycles. The molecule has 2 rings (SSSR count). The molecule has 3 N–H and O–H groups in total. The lowest BCUT2D eigenvalue weighted by Crippen LogP contribution is -2.58. The number of carbonyl (C=O) groups excluding carboxylic acids is 3. The van der Waals surface area contributed by atoms with Gasteiger partial charge in [0.25, 0.3) is 0 Å². The van der Waals surface area contributed by atoms with Gasteiger partial charge in [-0.2, -0.15) is 0 Å². The summed E-state index contributed by atoms with van der Waals surface area (Å²) in [6.07, 6.45) is 4.68. The minimum absolute atomic E-state index is 0.0303. The highest BCUT2D eigenvalue weighted by Crippen LogP contribution is 2.22. The molecule has 1 aliphatic heterocycles. The van der Waals surface area contributed by atoms with Crippen LogP contribution in [0.3, 0.4) is 0 Å². The monoisotopic (exact) mass is 542 g/mol. The summed E-state index contributed by atoms with van der Waals surface area (Å²) in [6.45, 7) is 14.5. The Labute approximate surface area is 235 Å². The molecule has 218 valence electrons. The molecule has 0 unspecified atom stereocenters. The number of aliphatic hydroxyl groups excluding tert-OH is 1. The minimum atomic E-state index is -0.668. The van der Waals surface area contributed by atoms with Gasteiger partial charge in [-0.3, -0.25) is 19.3 Å². The molecule has 0 radical (unpaired) electrons. The van der Waals surface area contributed by atoms with Crippen LogP contribution in [0.25, 0.3) is 0 Å². The molecule has 8 heteroatoms. The van der Waals surface area contributed by atoms with Gasteiger partial charge in [0.15, 0.2) is 0 Å². The van der Waals surface area contributed by atoms with Crippen LogP contribution in [-0.4, -0.2) is 77.0 Å². The maximum Gasteiger partial charge on any atom is 0.247 e. The second kappa shape index (κ2) is 15.2. The molecule has 1 fully saturated rings. The zero-order chi connectivity index (χ0) is 29.3. The number of nitrogens with zero attached hydrogens (tertiary/aromatic N) is 2. The summed E-state index contributed by atoms with van der Waals surface area (Å²) in [4.78, 5) is 44.0. The molecule has 0 spiro atoms. The van der Waals surface area contributed by atoms with Crippen LogP contribution in [0.1, 0.15) is 79.3 Å². The average molecular weight is 543 g/mol. The molecule has 1 heterocycles. The third-order valence-corrected chi connectivity index (χ3v) is 7.69. The second-order valence-corrected chi connectivity index (χ2v) is 11.7. The molecule has 0 bridgehead atoms. The number of likely N-dealkylation sites (tertiary alicyclic amines) is 1. The van der Waals surface area contributed by atoms with Crippen molar-refractivity contribution >= 4 is 17.7 Å². The van der Waals surface area contributed by atoms with E-state index in [0.717, 1.165) is 31.4 Å². The predicted molar refractivity (Wildman–Crippen MR) is 156 cm³/mol. The van der Waals surface area contributed by atoms with E-state index in [0.29, 0.717) is 5.57 Å². The number of rotatable bonds is 12. The van der Waals surface area contributed by atoms with E-state index >= 15 is 0 Å². The number of hydrogen-bond acceptors (Lipinski definition) is 5. The molecule has 1 aromatic carbocycles. The van der Waals surface area contributed by atoms with Gasteiger partial charge in [0, 0.05) is 18.7 Å². The van der Waals surface area contributed by atoms with Crippen molar-refractivity contribution in [2.45, 2.75) is 97.9 Å². The molecular weight excluding hydrogens is 492 g/mol. The maximum absolute atomic E-state index is 13.8. The fraction of sp³-hybridized carbons (Fsp3) is 0.645. The van der Waals surface area contributed by atoms with Gasteiger partial charge < -0.3 is 20.6 Å². The summed E-state index contributed by atoms with van der Waals surface area (Å²) in [5.41, 5.74) is 1.28. The SMILES string of the molecule is CC(=C[C@H](C(C)C)N(C)C(=O)[C@@H](NC(=O)[C@H]1CCCCN1C(C)C)C(C)C)C(=O)N[C@@H](CO)c1ccccc1. The fourth-order valence-corrected chi connectivity index (χ4v) is 5.26. The zero-order valence-electron chi connectivity index (χ0n) is 25.1. The molecule has 1 aliphatic rings. The number of benzene rings is 1. The Morgan fingerprint density at radius 3 is 2.21 bits per heavy atom. The van der Waals surface area contributed by atoms with E-state index in [2.05, 4.69) is 29.4 Å². The Balaban J connectivity index is 2.18. The normalized spacial score (nSPS) is 19.1. The first-order valence-corrected chi connectivity index (χ1v) is 14.4. The number of hydrogen-bond donors (Lipinski definition) is 3. The topological polar surface area (TPSA) is 102 Å². The third-order valence-electron chi connectivity index (χ3n) is 7.69. The van der Waals surface area contributed by atoms with Crippen molar-refractivity contribution in [2.75, 3.05) is 20.2 Å². The van der Waals surface area contributed by atoms with Crippen LogP contribution in [-0.2, 0) is 14.4 Å². The molecule has 4 atom stereocenters. The summed E-state index contributed by atoms with van der Waals surface area (Å²) in [6, 6.07) is 7.81. The lowest BCUT2D eigenvalue weighted by molar-refractivity contribution is -0.140. The molecule has 3 amide bonds. The molecule has 39 heavy (non-hydrogen) atoms. The molecule has 0 aromatic heterocycles. The number of likely N-dealkylation sites (N-methyl/N-ethyl adjacent to an activating group) is 1. The van der Waals surface area contributed by atoms with Crippen LogP contribution in [0.4, 0.5) is 0 Å². The van der Waals surface area contributed by atoms with E-state index in [1.54, 1.807) is 24.9 Å². The first kappa shape index (κ1) is 32.5. The molecule has 0 saturated carbocycles. The van der Waals surface area contributed by atoms with Gasteiger partial charge in [0.05, 0.1) is 24.7 Å². The Kier molecular flexibility index (Phi) is 12.6. The van der Waals surface area contributed by atoms with Gasteiger partial charge in [-0.1, -0.05) is 70.5 Å². The number of carbonyl (C=O) groups is 3. The second-order valence-electron chi connectivity index (χ2n) is 11.7. The summed E-state index contributed by atoms with van der Waals surface area (Å²) in [7, 11) is 1.73. The Morgan fingerprint density at radius 1 is 1.03 bits per heavy atom. The number of nitrogens with one attached hydrogen (secondary N) is 2. The van der Waals surface area contributed by atoms with E-state index in [1.807, 2.05) is 58.0 Å². The van der Waals surface area contributed by atoms with E-state index in [4.69, 9.17) is 0 Å². The van der Waals surface area contributed by atoms with Crippen molar-refractivity contribution in [3.63, 3.8) is 0 Å². The van der Waals surface area contributed by atoms with Gasteiger partial charge in [-0.15, -0.1) is 0 Å². The van der Waals surface area contributed by atoms with Crippen LogP contribution in [0.15, 0.2) is 42.0 Å². The van der Waals surface area contributed by atoms with Gasteiger partial charge in [0.1, 0.15) is 6.04 Å². The lowest BCUT2D eigenvalue weighted by atomic mass is 9.95. The van der Waals surface area contributed by atoms with Gasteiger partial charge >= 0.3 is 0 Å². The average Bonchev–Trinajstić information content (AvgIpc) is 2.92. The van der Waals surface area contributed by atoms with Crippen molar-refractivity contribution in [1.82, 2.24) is 20.4 Å². The quantitative estimate of drug-likeness (QED) is 0.350. The van der Waals surface area contributed by atoms with Crippen molar-refractivity contribution in [3.05, 3.63) is 47.5 Å². The van der Waals surface area contributed by atoms with Crippen LogP contribution >= 0.6 is 0 Å². The summed E-state index contributed by atoms with van der Waals surface area (Å²) in [5.74, 6) is -0.637. The van der Waals surface area contributed by atoms with Gasteiger partial charge in [-0.25, -0.2) is 0 Å².